The molecule has 6 heteroatoms. The fourth-order valence-corrected chi connectivity index (χ4v) is 18.1. The number of aromatic nitrogens is 1. The van der Waals surface area contributed by atoms with Gasteiger partial charge >= 0.3 is 0 Å². The number of anilines is 8. The van der Waals surface area contributed by atoms with Crippen molar-refractivity contribution in [1.82, 2.24) is 4.57 Å². The molecule has 5 heterocycles. The SMILES string of the molecule is CC(C)(C)c1ccc(N(c2ccc(C(C)(C)C)cc2)c2ccc3c(c2)N(c2ccc(C(C)(C)C)cc2-c2ccccc2)c2cc(-c4cccc5sc6ccccc6c45)cc4c2B3c2cc(-n3c5ccccc5c5ccccc53)cc3c2N4C2(C)CCCCC32C)cc1. The van der Waals surface area contributed by atoms with Gasteiger partial charge in [0, 0.05) is 87.4 Å². The molecule has 4 aliphatic rings. The molecule has 3 aliphatic heterocycles. The Labute approximate surface area is 547 Å². The molecule has 4 nitrogen and oxygen atoms in total. The number of fused-ring (bicyclic) bond motifs is 13. The lowest BCUT2D eigenvalue weighted by Crippen LogP contribution is -2.64. The molecule has 0 bridgehead atoms. The van der Waals surface area contributed by atoms with Crippen molar-refractivity contribution >= 4 is 122 Å². The summed E-state index contributed by atoms with van der Waals surface area (Å²) in [5.74, 6) is 0. The number of hydrogen-bond acceptors (Lipinski definition) is 4. The zero-order valence-corrected chi connectivity index (χ0v) is 55.9. The average molecular weight is 1210 g/mol. The molecule has 2 atom stereocenters. The summed E-state index contributed by atoms with van der Waals surface area (Å²) in [5.41, 5.74) is 27.3. The Morgan fingerprint density at radius 2 is 1.01 bits per heavy atom. The number of hydrogen-bond donors (Lipinski definition) is 0. The van der Waals surface area contributed by atoms with E-state index in [0.29, 0.717) is 0 Å². The number of para-hydroxylation sites is 2. The van der Waals surface area contributed by atoms with Gasteiger partial charge in [0.2, 0.25) is 0 Å². The summed E-state index contributed by atoms with van der Waals surface area (Å²) in [6, 6.07) is 89.7. The molecule has 0 amide bonds. The van der Waals surface area contributed by atoms with E-state index in [1.165, 1.54) is 144 Å². The lowest BCUT2D eigenvalue weighted by atomic mass is 9.33. The lowest BCUT2D eigenvalue weighted by molar-refractivity contribution is 0.195. The minimum absolute atomic E-state index is 0.00257. The van der Waals surface area contributed by atoms with Crippen LogP contribution in [0.15, 0.2) is 231 Å². The van der Waals surface area contributed by atoms with Gasteiger partial charge in [0.15, 0.2) is 0 Å². The highest BCUT2D eigenvalue weighted by Gasteiger charge is 2.62. The smallest absolute Gasteiger partial charge is 0.252 e. The fourth-order valence-electron chi connectivity index (χ4n) is 16.9. The van der Waals surface area contributed by atoms with Crippen LogP contribution in [-0.4, -0.2) is 16.8 Å². The number of nitrogens with zero attached hydrogens (tertiary/aromatic N) is 4. The van der Waals surface area contributed by atoms with E-state index in [9.17, 15) is 0 Å². The summed E-state index contributed by atoms with van der Waals surface area (Å²) < 4.78 is 5.22. The van der Waals surface area contributed by atoms with Gasteiger partial charge in [-0.25, -0.2) is 0 Å². The topological polar surface area (TPSA) is 14.7 Å². The van der Waals surface area contributed by atoms with Gasteiger partial charge in [0.25, 0.3) is 6.71 Å². The maximum atomic E-state index is 2.93. The van der Waals surface area contributed by atoms with Crippen LogP contribution < -0.4 is 31.1 Å². The second-order valence-corrected chi connectivity index (χ2v) is 31.5. The molecule has 13 aromatic rings. The van der Waals surface area contributed by atoms with E-state index in [0.717, 1.165) is 35.6 Å². The molecule has 0 N–H and O–H groups in total. The second kappa shape index (κ2) is 20.2. The molecule has 2 aromatic heterocycles. The molecule has 1 aliphatic carbocycles. The van der Waals surface area contributed by atoms with Crippen molar-refractivity contribution in [2.45, 2.75) is 129 Å². The molecular weight excluding hydrogens is 1130 g/mol. The second-order valence-electron chi connectivity index (χ2n) is 30.4. The standard InChI is InChI=1S/C86H79BN4S/c1-82(2,3)56-34-39-59(40-35-56)88(60-41-36-57(37-42-60)83(4,5)6)61-43-44-69-74(53-61)90(73-45-38-58(84(7,8)9)50-67(73)54-24-13-12-14-25-54)75-48-55(63-29-23-33-78-79(63)66-28-17-20-32-77(66)92-78)49-76-80(75)87(69)70-52-62(51-68-81(70)91(76)86(11)47-22-21-46-85(68,86)10)89-71-30-18-15-26-64(71)65-27-16-19-31-72(65)89/h12-20,23-45,48-53H,21-22,46-47H2,1-11H3. The fraction of sp³-hybridized carbons (Fsp3) is 0.233. The summed E-state index contributed by atoms with van der Waals surface area (Å²) in [6.07, 6.45) is 4.59. The first-order valence-corrected chi connectivity index (χ1v) is 34.3. The van der Waals surface area contributed by atoms with Crippen LogP contribution >= 0.6 is 11.3 Å². The molecular formula is C86H79BN4S. The third kappa shape index (κ3) is 8.41. The molecule has 0 radical (unpaired) electrons. The minimum Gasteiger partial charge on any atom is -0.335 e. The molecule has 17 rings (SSSR count). The first kappa shape index (κ1) is 56.9. The molecule has 11 aromatic carbocycles. The Kier molecular flexibility index (Phi) is 12.5. The van der Waals surface area contributed by atoms with Crippen molar-refractivity contribution in [2.75, 3.05) is 14.7 Å². The van der Waals surface area contributed by atoms with Crippen molar-refractivity contribution in [2.24, 2.45) is 0 Å². The largest absolute Gasteiger partial charge is 0.335 e. The van der Waals surface area contributed by atoms with Crippen LogP contribution in [0, 0.1) is 0 Å². The first-order valence-electron chi connectivity index (χ1n) is 33.5. The Hall–Kier alpha value is -9.10. The third-order valence-corrected chi connectivity index (χ3v) is 23.1. The van der Waals surface area contributed by atoms with E-state index in [1.54, 1.807) is 0 Å². The molecule has 1 saturated carbocycles. The monoisotopic (exact) mass is 1210 g/mol. The van der Waals surface area contributed by atoms with Crippen molar-refractivity contribution in [3.63, 3.8) is 0 Å². The third-order valence-electron chi connectivity index (χ3n) is 22.0. The van der Waals surface area contributed by atoms with E-state index in [4.69, 9.17) is 0 Å². The highest BCUT2D eigenvalue weighted by Crippen LogP contribution is 2.63. The quantitative estimate of drug-likeness (QED) is 0.148. The molecule has 0 spiro atoms. The Morgan fingerprint density at radius 3 is 1.67 bits per heavy atom. The molecule has 452 valence electrons. The summed E-state index contributed by atoms with van der Waals surface area (Å²) in [4.78, 5) is 8.16. The average Bonchev–Trinajstić information content (AvgIpc) is 1.43. The van der Waals surface area contributed by atoms with Gasteiger partial charge < -0.3 is 19.3 Å². The number of benzene rings is 11. The maximum absolute atomic E-state index is 2.93. The van der Waals surface area contributed by atoms with Crippen LogP contribution in [0.2, 0.25) is 0 Å². The number of thiophene rings is 1. The van der Waals surface area contributed by atoms with Crippen LogP contribution in [0.25, 0.3) is 69.9 Å². The van der Waals surface area contributed by atoms with Crippen LogP contribution in [0.3, 0.4) is 0 Å². The Bertz CT molecular complexity index is 5060. The molecule has 1 fully saturated rings. The van der Waals surface area contributed by atoms with Crippen LogP contribution in [-0.2, 0) is 21.7 Å². The van der Waals surface area contributed by atoms with Crippen molar-refractivity contribution < 1.29 is 0 Å². The van der Waals surface area contributed by atoms with Gasteiger partial charge in [0.1, 0.15) is 0 Å². The van der Waals surface area contributed by atoms with Crippen LogP contribution in [0.1, 0.15) is 124 Å². The van der Waals surface area contributed by atoms with E-state index < -0.39 is 0 Å². The maximum Gasteiger partial charge on any atom is 0.252 e. The van der Waals surface area contributed by atoms with Crippen LogP contribution in [0.4, 0.5) is 45.5 Å². The van der Waals surface area contributed by atoms with Gasteiger partial charge in [-0.3, -0.25) is 0 Å². The predicted molar refractivity (Wildman–Crippen MR) is 397 cm³/mol. The zero-order valence-electron chi connectivity index (χ0n) is 55.0. The van der Waals surface area contributed by atoms with Gasteiger partial charge in [-0.15, -0.1) is 11.3 Å². The van der Waals surface area contributed by atoms with E-state index in [-0.39, 0.29) is 33.9 Å². The van der Waals surface area contributed by atoms with E-state index >= 15 is 0 Å². The van der Waals surface area contributed by atoms with Crippen molar-refractivity contribution in [1.29, 1.82) is 0 Å². The summed E-state index contributed by atoms with van der Waals surface area (Å²) in [6.45, 7) is 26.1. The first-order chi connectivity index (χ1) is 44.3. The van der Waals surface area contributed by atoms with Crippen molar-refractivity contribution in [3.8, 4) is 27.9 Å². The van der Waals surface area contributed by atoms with Gasteiger partial charge in [-0.05, 0) is 188 Å². The highest BCUT2D eigenvalue weighted by atomic mass is 32.1. The molecule has 92 heavy (non-hydrogen) atoms. The molecule has 2 unspecified atom stereocenters. The van der Waals surface area contributed by atoms with E-state index in [1.807, 2.05) is 11.3 Å². The minimum atomic E-state index is -0.232. The van der Waals surface area contributed by atoms with Gasteiger partial charge in [-0.1, -0.05) is 216 Å². The normalized spacial score (nSPS) is 17.6. The zero-order chi connectivity index (χ0) is 63.0. The molecule has 0 saturated heterocycles. The van der Waals surface area contributed by atoms with Crippen LogP contribution in [0.5, 0.6) is 0 Å². The Morgan fingerprint density at radius 1 is 0.435 bits per heavy atom. The van der Waals surface area contributed by atoms with Gasteiger partial charge in [-0.2, -0.15) is 0 Å². The summed E-state index contributed by atoms with van der Waals surface area (Å²) >= 11 is 1.91. The van der Waals surface area contributed by atoms with Gasteiger partial charge in [0.05, 0.1) is 22.3 Å². The summed E-state index contributed by atoms with van der Waals surface area (Å²) in [5, 5.41) is 5.21. The van der Waals surface area contributed by atoms with Crippen molar-refractivity contribution in [3.05, 3.63) is 253 Å². The summed E-state index contributed by atoms with van der Waals surface area (Å²) in [7, 11) is 0. The lowest BCUT2D eigenvalue weighted by Gasteiger charge is -2.53. The predicted octanol–water partition coefficient (Wildman–Crippen LogP) is 22.2. The Balaban J connectivity index is 1.02. The highest BCUT2D eigenvalue weighted by molar-refractivity contribution is 7.26. The van der Waals surface area contributed by atoms with E-state index in [2.05, 4.69) is 326 Å². The number of rotatable bonds is 7.